The topological polar surface area (TPSA) is 62.4 Å². The van der Waals surface area contributed by atoms with Crippen LogP contribution < -0.4 is 16.0 Å². The molecular formula is C16H27N3O2. The van der Waals surface area contributed by atoms with Crippen molar-refractivity contribution in [2.75, 3.05) is 25.6 Å². The summed E-state index contributed by atoms with van der Waals surface area (Å²) < 4.78 is 5.06. The molecule has 0 aromatic heterocycles. The monoisotopic (exact) mass is 293 g/mol. The highest BCUT2D eigenvalue weighted by atomic mass is 16.5. The molecule has 0 aliphatic carbocycles. The van der Waals surface area contributed by atoms with Gasteiger partial charge < -0.3 is 20.7 Å². The Morgan fingerprint density at radius 1 is 1.24 bits per heavy atom. The van der Waals surface area contributed by atoms with Crippen molar-refractivity contribution < 1.29 is 9.53 Å². The molecule has 2 atom stereocenters. The number of carbonyl (C=O) groups excluding carboxylic acids is 1. The number of carbonyl (C=O) groups is 1. The summed E-state index contributed by atoms with van der Waals surface area (Å²) in [6.07, 6.45) is 0.834. The SMILES string of the molecule is CCNC(C)c1ccc(NC(=O)NC(CC)COC)cc1. The Kier molecular flexibility index (Phi) is 7.79. The minimum absolute atomic E-state index is 0.0306. The zero-order chi connectivity index (χ0) is 15.7. The van der Waals surface area contributed by atoms with Crippen molar-refractivity contribution in [2.45, 2.75) is 39.3 Å². The fraction of sp³-hybridized carbons (Fsp3) is 0.562. The number of hydrogen-bond acceptors (Lipinski definition) is 3. The first kappa shape index (κ1) is 17.5. The van der Waals surface area contributed by atoms with Gasteiger partial charge in [-0.1, -0.05) is 26.0 Å². The molecule has 2 unspecified atom stereocenters. The molecule has 0 aliphatic rings. The molecule has 21 heavy (non-hydrogen) atoms. The summed E-state index contributed by atoms with van der Waals surface area (Å²) in [6, 6.07) is 8.02. The van der Waals surface area contributed by atoms with E-state index >= 15 is 0 Å². The Bertz CT molecular complexity index is 420. The van der Waals surface area contributed by atoms with Crippen molar-refractivity contribution in [3.05, 3.63) is 29.8 Å². The number of benzene rings is 1. The maximum absolute atomic E-state index is 11.9. The summed E-state index contributed by atoms with van der Waals surface area (Å²) in [5, 5.41) is 9.08. The molecule has 5 heteroatoms. The van der Waals surface area contributed by atoms with E-state index in [4.69, 9.17) is 4.74 Å². The number of nitrogens with one attached hydrogen (secondary N) is 3. The third-order valence-corrected chi connectivity index (χ3v) is 3.37. The van der Waals surface area contributed by atoms with E-state index in [1.807, 2.05) is 31.2 Å². The summed E-state index contributed by atoms with van der Waals surface area (Å²) in [7, 11) is 1.63. The summed E-state index contributed by atoms with van der Waals surface area (Å²) in [5.74, 6) is 0. The lowest BCUT2D eigenvalue weighted by molar-refractivity contribution is 0.165. The molecule has 0 bridgehead atoms. The first-order valence-electron chi connectivity index (χ1n) is 7.50. The lowest BCUT2D eigenvalue weighted by Crippen LogP contribution is -2.40. The van der Waals surface area contributed by atoms with Crippen molar-refractivity contribution in [1.82, 2.24) is 10.6 Å². The molecule has 0 saturated carbocycles. The van der Waals surface area contributed by atoms with Crippen LogP contribution in [0, 0.1) is 0 Å². The van der Waals surface area contributed by atoms with E-state index in [2.05, 4.69) is 29.8 Å². The number of hydrogen-bond donors (Lipinski definition) is 3. The van der Waals surface area contributed by atoms with Crippen LogP contribution in [0.15, 0.2) is 24.3 Å². The van der Waals surface area contributed by atoms with Crippen LogP contribution in [-0.2, 0) is 4.74 Å². The number of rotatable bonds is 8. The zero-order valence-electron chi connectivity index (χ0n) is 13.4. The molecule has 2 amide bonds. The minimum atomic E-state index is -0.202. The summed E-state index contributed by atoms with van der Waals surface area (Å²) in [6.45, 7) is 7.67. The summed E-state index contributed by atoms with van der Waals surface area (Å²) in [5.41, 5.74) is 1.99. The Labute approximate surface area is 127 Å². The standard InChI is InChI=1S/C16H27N3O2/c1-5-14(11-21-4)18-16(20)19-15-9-7-13(8-10-15)12(3)17-6-2/h7-10,12,14,17H,5-6,11H2,1-4H3,(H2,18,19,20). The van der Waals surface area contributed by atoms with E-state index in [0.29, 0.717) is 12.6 Å². The van der Waals surface area contributed by atoms with Crippen LogP contribution >= 0.6 is 0 Å². The second kappa shape index (κ2) is 9.37. The first-order chi connectivity index (χ1) is 10.1. The maximum Gasteiger partial charge on any atom is 0.319 e. The molecule has 0 aliphatic heterocycles. The maximum atomic E-state index is 11.9. The third kappa shape index (κ3) is 6.14. The highest BCUT2D eigenvalue weighted by Crippen LogP contribution is 2.15. The van der Waals surface area contributed by atoms with E-state index in [1.54, 1.807) is 7.11 Å². The van der Waals surface area contributed by atoms with Gasteiger partial charge >= 0.3 is 6.03 Å². The Hall–Kier alpha value is -1.59. The Morgan fingerprint density at radius 3 is 2.43 bits per heavy atom. The highest BCUT2D eigenvalue weighted by Gasteiger charge is 2.10. The molecule has 0 heterocycles. The van der Waals surface area contributed by atoms with E-state index in [0.717, 1.165) is 18.7 Å². The van der Waals surface area contributed by atoms with Gasteiger partial charge in [0.2, 0.25) is 0 Å². The van der Waals surface area contributed by atoms with Crippen molar-refractivity contribution in [3.8, 4) is 0 Å². The average Bonchev–Trinajstić information content (AvgIpc) is 2.47. The summed E-state index contributed by atoms with van der Waals surface area (Å²) >= 11 is 0. The van der Waals surface area contributed by atoms with E-state index in [1.165, 1.54) is 5.56 Å². The average molecular weight is 293 g/mol. The number of ether oxygens (including phenoxy) is 1. The fourth-order valence-electron chi connectivity index (χ4n) is 2.09. The molecule has 1 rings (SSSR count). The van der Waals surface area contributed by atoms with E-state index in [-0.39, 0.29) is 12.1 Å². The zero-order valence-corrected chi connectivity index (χ0v) is 13.4. The van der Waals surface area contributed by atoms with Crippen molar-refractivity contribution in [1.29, 1.82) is 0 Å². The lowest BCUT2D eigenvalue weighted by Gasteiger charge is -2.17. The van der Waals surface area contributed by atoms with Gasteiger partial charge in [0.1, 0.15) is 0 Å². The van der Waals surface area contributed by atoms with Crippen LogP contribution in [0.1, 0.15) is 38.8 Å². The van der Waals surface area contributed by atoms with Gasteiger partial charge in [0.05, 0.1) is 12.6 Å². The summed E-state index contributed by atoms with van der Waals surface area (Å²) in [4.78, 5) is 11.9. The molecule has 0 saturated heterocycles. The van der Waals surface area contributed by atoms with Crippen LogP contribution in [0.25, 0.3) is 0 Å². The number of anilines is 1. The molecule has 0 radical (unpaired) electrons. The van der Waals surface area contributed by atoms with E-state index < -0.39 is 0 Å². The van der Waals surface area contributed by atoms with Crippen LogP contribution in [0.3, 0.4) is 0 Å². The highest BCUT2D eigenvalue weighted by molar-refractivity contribution is 5.89. The second-order valence-corrected chi connectivity index (χ2v) is 5.06. The number of urea groups is 1. The van der Waals surface area contributed by atoms with Gasteiger partial charge in [-0.05, 0) is 37.6 Å². The van der Waals surface area contributed by atoms with Gasteiger partial charge in [-0.25, -0.2) is 4.79 Å². The molecule has 1 aromatic rings. The molecule has 5 nitrogen and oxygen atoms in total. The van der Waals surface area contributed by atoms with Crippen LogP contribution in [0.4, 0.5) is 10.5 Å². The van der Waals surface area contributed by atoms with Crippen molar-refractivity contribution >= 4 is 11.7 Å². The fourth-order valence-corrected chi connectivity index (χ4v) is 2.09. The first-order valence-corrected chi connectivity index (χ1v) is 7.50. The van der Waals surface area contributed by atoms with Crippen LogP contribution in [-0.4, -0.2) is 32.3 Å². The van der Waals surface area contributed by atoms with Crippen LogP contribution in [0.2, 0.25) is 0 Å². The Balaban J connectivity index is 2.53. The number of methoxy groups -OCH3 is 1. The van der Waals surface area contributed by atoms with Crippen LogP contribution in [0.5, 0.6) is 0 Å². The second-order valence-electron chi connectivity index (χ2n) is 5.06. The molecule has 1 aromatic carbocycles. The molecule has 118 valence electrons. The normalized spacial score (nSPS) is 13.5. The molecule has 0 fully saturated rings. The van der Waals surface area contributed by atoms with Gasteiger partial charge in [0, 0.05) is 18.8 Å². The molecular weight excluding hydrogens is 266 g/mol. The van der Waals surface area contributed by atoms with Gasteiger partial charge in [0.15, 0.2) is 0 Å². The van der Waals surface area contributed by atoms with Gasteiger partial charge in [-0.2, -0.15) is 0 Å². The minimum Gasteiger partial charge on any atom is -0.383 e. The predicted octanol–water partition coefficient (Wildman–Crippen LogP) is 2.90. The van der Waals surface area contributed by atoms with Crippen molar-refractivity contribution in [2.24, 2.45) is 0 Å². The number of amides is 2. The molecule has 3 N–H and O–H groups in total. The predicted molar refractivity (Wildman–Crippen MR) is 86.6 cm³/mol. The lowest BCUT2D eigenvalue weighted by atomic mass is 10.1. The van der Waals surface area contributed by atoms with Gasteiger partial charge in [-0.3, -0.25) is 0 Å². The quantitative estimate of drug-likeness (QED) is 0.690. The smallest absolute Gasteiger partial charge is 0.319 e. The van der Waals surface area contributed by atoms with E-state index in [9.17, 15) is 4.79 Å². The third-order valence-electron chi connectivity index (χ3n) is 3.37. The Morgan fingerprint density at radius 2 is 1.90 bits per heavy atom. The van der Waals surface area contributed by atoms with Gasteiger partial charge in [0.25, 0.3) is 0 Å². The largest absolute Gasteiger partial charge is 0.383 e. The van der Waals surface area contributed by atoms with Gasteiger partial charge in [-0.15, -0.1) is 0 Å². The van der Waals surface area contributed by atoms with Crippen molar-refractivity contribution in [3.63, 3.8) is 0 Å². The molecule has 0 spiro atoms.